The zero-order valence-electron chi connectivity index (χ0n) is 19.8. The molecule has 6 heteroatoms. The van der Waals surface area contributed by atoms with Crippen molar-refractivity contribution in [3.8, 4) is 23.0 Å². The summed E-state index contributed by atoms with van der Waals surface area (Å²) in [6.45, 7) is 3.63. The van der Waals surface area contributed by atoms with E-state index in [1.54, 1.807) is 28.4 Å². The molecular weight excluding hydrogens is 438 g/mol. The molecule has 174 valence electrons. The summed E-state index contributed by atoms with van der Waals surface area (Å²) in [5, 5.41) is 0.720. The molecule has 0 unspecified atom stereocenters. The maximum atomic E-state index is 6.41. The Labute approximate surface area is 200 Å². The first-order chi connectivity index (χ1) is 16.0. The molecule has 1 aliphatic rings. The highest BCUT2D eigenvalue weighted by Crippen LogP contribution is 2.43. The van der Waals surface area contributed by atoms with E-state index in [9.17, 15) is 0 Å². The molecule has 0 N–H and O–H groups in total. The van der Waals surface area contributed by atoms with Crippen LogP contribution in [0.25, 0.3) is 0 Å². The largest absolute Gasteiger partial charge is 0.496 e. The number of nitrogens with zero attached hydrogens (tertiary/aromatic N) is 1. The molecule has 5 nitrogen and oxygen atoms in total. The summed E-state index contributed by atoms with van der Waals surface area (Å²) in [5.41, 5.74) is 5.71. The van der Waals surface area contributed by atoms with Gasteiger partial charge in [0.25, 0.3) is 0 Å². The van der Waals surface area contributed by atoms with Gasteiger partial charge >= 0.3 is 0 Å². The second-order valence-corrected chi connectivity index (χ2v) is 8.61. The van der Waals surface area contributed by atoms with E-state index >= 15 is 0 Å². The molecule has 4 rings (SSSR count). The Morgan fingerprint density at radius 2 is 1.61 bits per heavy atom. The van der Waals surface area contributed by atoms with Crippen LogP contribution in [0.3, 0.4) is 0 Å². The maximum absolute atomic E-state index is 6.41. The molecule has 0 amide bonds. The van der Waals surface area contributed by atoms with Gasteiger partial charge in [0.1, 0.15) is 11.5 Å². The van der Waals surface area contributed by atoms with Gasteiger partial charge in [0.15, 0.2) is 11.5 Å². The van der Waals surface area contributed by atoms with E-state index < -0.39 is 0 Å². The Hall–Kier alpha value is -2.89. The summed E-state index contributed by atoms with van der Waals surface area (Å²) in [6, 6.07) is 16.4. The average Bonchev–Trinajstić information content (AvgIpc) is 2.83. The van der Waals surface area contributed by atoms with E-state index in [1.165, 1.54) is 11.1 Å². The number of hydrogen-bond acceptors (Lipinski definition) is 5. The van der Waals surface area contributed by atoms with Crippen LogP contribution in [0.2, 0.25) is 5.02 Å². The van der Waals surface area contributed by atoms with Crippen LogP contribution in [0.1, 0.15) is 33.9 Å². The normalized spacial score (nSPS) is 15.6. The van der Waals surface area contributed by atoms with Crippen molar-refractivity contribution in [1.82, 2.24) is 4.90 Å². The first-order valence-electron chi connectivity index (χ1n) is 11.0. The molecule has 0 fully saturated rings. The Morgan fingerprint density at radius 3 is 2.27 bits per heavy atom. The van der Waals surface area contributed by atoms with Crippen LogP contribution in [0.5, 0.6) is 23.0 Å². The molecule has 33 heavy (non-hydrogen) atoms. The maximum Gasteiger partial charge on any atom is 0.161 e. The summed E-state index contributed by atoms with van der Waals surface area (Å²) >= 11 is 6.41. The molecule has 0 aromatic heterocycles. The number of ether oxygens (including phenoxy) is 4. The minimum atomic E-state index is 0.0133. The second kappa shape index (κ2) is 9.94. The predicted octanol–water partition coefficient (Wildman–Crippen LogP) is 5.83. The number of methoxy groups -OCH3 is 4. The van der Waals surface area contributed by atoms with Gasteiger partial charge in [0, 0.05) is 29.2 Å². The number of rotatable bonds is 7. The van der Waals surface area contributed by atoms with Crippen molar-refractivity contribution in [3.63, 3.8) is 0 Å². The molecule has 3 aromatic carbocycles. The first kappa shape index (κ1) is 23.3. The summed E-state index contributed by atoms with van der Waals surface area (Å²) in [5.74, 6) is 3.16. The minimum Gasteiger partial charge on any atom is -0.496 e. The Bertz CT molecular complexity index is 1150. The fourth-order valence-electron chi connectivity index (χ4n) is 4.81. The predicted molar refractivity (Wildman–Crippen MR) is 131 cm³/mol. The summed E-state index contributed by atoms with van der Waals surface area (Å²) in [4.78, 5) is 2.46. The molecule has 0 aliphatic carbocycles. The molecule has 1 aliphatic heterocycles. The first-order valence-corrected chi connectivity index (χ1v) is 11.3. The number of hydrogen-bond donors (Lipinski definition) is 0. The van der Waals surface area contributed by atoms with E-state index in [1.807, 2.05) is 31.2 Å². The zero-order valence-corrected chi connectivity index (χ0v) is 20.5. The fourth-order valence-corrected chi connectivity index (χ4v) is 5.01. The van der Waals surface area contributed by atoms with Crippen LogP contribution in [0.15, 0.2) is 48.5 Å². The van der Waals surface area contributed by atoms with E-state index in [-0.39, 0.29) is 6.04 Å². The molecule has 3 aromatic rings. The lowest BCUT2D eigenvalue weighted by Gasteiger charge is -2.38. The van der Waals surface area contributed by atoms with Crippen LogP contribution < -0.4 is 18.9 Å². The van der Waals surface area contributed by atoms with Crippen molar-refractivity contribution in [1.29, 1.82) is 0 Å². The topological polar surface area (TPSA) is 40.2 Å². The third-order valence-electron chi connectivity index (χ3n) is 6.37. The van der Waals surface area contributed by atoms with Gasteiger partial charge in [-0.3, -0.25) is 4.90 Å². The Kier molecular flexibility index (Phi) is 7.01. The van der Waals surface area contributed by atoms with Crippen molar-refractivity contribution in [2.24, 2.45) is 0 Å². The minimum absolute atomic E-state index is 0.0133. The smallest absolute Gasteiger partial charge is 0.161 e. The number of fused-ring (bicyclic) bond motifs is 1. The van der Waals surface area contributed by atoms with E-state index in [0.717, 1.165) is 64.2 Å². The van der Waals surface area contributed by atoms with Gasteiger partial charge in [-0.2, -0.15) is 0 Å². The molecule has 0 radical (unpaired) electrons. The van der Waals surface area contributed by atoms with Crippen LogP contribution in [0, 0.1) is 6.92 Å². The fraction of sp³-hybridized carbons (Fsp3) is 0.333. The Morgan fingerprint density at radius 1 is 0.879 bits per heavy atom. The van der Waals surface area contributed by atoms with Crippen molar-refractivity contribution < 1.29 is 18.9 Å². The average molecular weight is 468 g/mol. The van der Waals surface area contributed by atoms with Crippen molar-refractivity contribution in [2.75, 3.05) is 35.0 Å². The summed E-state index contributed by atoms with van der Waals surface area (Å²) in [7, 11) is 6.73. The number of halogens is 1. The van der Waals surface area contributed by atoms with Crippen molar-refractivity contribution >= 4 is 11.6 Å². The second-order valence-electron chi connectivity index (χ2n) is 8.17. The van der Waals surface area contributed by atoms with Gasteiger partial charge in [0.05, 0.1) is 34.5 Å². The van der Waals surface area contributed by atoms with Crippen LogP contribution in [-0.2, 0) is 13.0 Å². The van der Waals surface area contributed by atoms with E-state index in [4.69, 9.17) is 30.5 Å². The SMILES string of the molecule is COc1cc2c(cc1OC)[C@@H](c1cccc(Cl)c1)N(Cc1ccc(OC)c(C)c1OC)CC2. The van der Waals surface area contributed by atoms with Crippen molar-refractivity contribution in [2.45, 2.75) is 25.9 Å². The monoisotopic (exact) mass is 467 g/mol. The molecule has 0 bridgehead atoms. The summed E-state index contributed by atoms with van der Waals surface area (Å²) in [6.07, 6.45) is 0.907. The third-order valence-corrected chi connectivity index (χ3v) is 6.61. The van der Waals surface area contributed by atoms with Gasteiger partial charge in [-0.05, 0) is 60.4 Å². The standard InChI is InChI=1S/C27H30ClNO4/c1-17-23(30-2)10-9-20(27(17)33-5)16-29-12-11-18-14-24(31-3)25(32-4)15-22(18)26(29)19-7-6-8-21(28)13-19/h6-10,13-15,26H,11-12,16H2,1-5H3/t26-/m1/s1. The van der Waals surface area contributed by atoms with Gasteiger partial charge in [-0.15, -0.1) is 0 Å². The lowest BCUT2D eigenvalue weighted by molar-refractivity contribution is 0.200. The molecule has 0 spiro atoms. The van der Waals surface area contributed by atoms with Crippen molar-refractivity contribution in [3.05, 3.63) is 81.4 Å². The molecule has 1 atom stereocenters. The molecule has 0 saturated carbocycles. The molecule has 1 heterocycles. The quantitative estimate of drug-likeness (QED) is 0.437. The highest BCUT2D eigenvalue weighted by atomic mass is 35.5. The van der Waals surface area contributed by atoms with Crippen LogP contribution >= 0.6 is 11.6 Å². The Balaban J connectivity index is 1.81. The highest BCUT2D eigenvalue weighted by Gasteiger charge is 2.31. The summed E-state index contributed by atoms with van der Waals surface area (Å²) < 4.78 is 22.5. The third kappa shape index (κ3) is 4.48. The lowest BCUT2D eigenvalue weighted by Crippen LogP contribution is -2.36. The highest BCUT2D eigenvalue weighted by molar-refractivity contribution is 6.30. The van der Waals surface area contributed by atoms with Gasteiger partial charge in [0.2, 0.25) is 0 Å². The van der Waals surface area contributed by atoms with Gasteiger partial charge in [-0.25, -0.2) is 0 Å². The van der Waals surface area contributed by atoms with E-state index in [2.05, 4.69) is 29.2 Å². The molecule has 0 saturated heterocycles. The van der Waals surface area contributed by atoms with Crippen LogP contribution in [0.4, 0.5) is 0 Å². The lowest BCUT2D eigenvalue weighted by atomic mass is 9.87. The van der Waals surface area contributed by atoms with Gasteiger partial charge in [-0.1, -0.05) is 29.8 Å². The van der Waals surface area contributed by atoms with E-state index in [0.29, 0.717) is 0 Å². The number of benzene rings is 3. The molecular formula is C27H30ClNO4. The van der Waals surface area contributed by atoms with Gasteiger partial charge < -0.3 is 18.9 Å². The van der Waals surface area contributed by atoms with Crippen LogP contribution in [-0.4, -0.2) is 39.9 Å². The zero-order chi connectivity index (χ0) is 23.5.